The molecule has 0 aliphatic carbocycles. The Morgan fingerprint density at radius 2 is 2.12 bits per heavy atom. The lowest BCUT2D eigenvalue weighted by Gasteiger charge is -2.26. The molecule has 134 valence electrons. The second-order valence-electron chi connectivity index (χ2n) is 6.23. The number of benzene rings is 1. The number of hydrogen-bond acceptors (Lipinski definition) is 7. The molecule has 0 fully saturated rings. The number of nitrogens with zero attached hydrogens (tertiary/aromatic N) is 3. The minimum Gasteiger partial charge on any atom is -0.396 e. The van der Waals surface area contributed by atoms with Gasteiger partial charge < -0.3 is 15.4 Å². The van der Waals surface area contributed by atoms with E-state index in [2.05, 4.69) is 9.97 Å². The van der Waals surface area contributed by atoms with E-state index in [0.29, 0.717) is 25.4 Å². The molecule has 1 unspecified atom stereocenters. The van der Waals surface area contributed by atoms with E-state index in [1.807, 2.05) is 24.3 Å². The van der Waals surface area contributed by atoms with Gasteiger partial charge in [0.1, 0.15) is 6.33 Å². The zero-order valence-corrected chi connectivity index (χ0v) is 14.6. The minimum absolute atomic E-state index is 0.0829. The summed E-state index contributed by atoms with van der Waals surface area (Å²) in [6.45, 7) is 0.460. The molecule has 2 heterocycles. The lowest BCUT2D eigenvalue weighted by atomic mass is 10.1. The maximum atomic E-state index is 13.0. The van der Waals surface area contributed by atoms with E-state index in [0.717, 1.165) is 11.1 Å². The maximum absolute atomic E-state index is 13.0. The van der Waals surface area contributed by atoms with Crippen LogP contribution in [0.5, 0.6) is 0 Å². The van der Waals surface area contributed by atoms with Crippen molar-refractivity contribution in [3.05, 3.63) is 52.2 Å². The van der Waals surface area contributed by atoms with Crippen molar-refractivity contribution < 1.29 is 14.2 Å². The molecular formula is C16H21N4O4P. The van der Waals surface area contributed by atoms with Crippen molar-refractivity contribution in [2.24, 2.45) is 5.92 Å². The summed E-state index contributed by atoms with van der Waals surface area (Å²) in [5.74, 6) is -0.322. The van der Waals surface area contributed by atoms with Crippen LogP contribution in [0.1, 0.15) is 17.5 Å². The van der Waals surface area contributed by atoms with Gasteiger partial charge in [0.25, 0.3) is 0 Å². The Morgan fingerprint density at radius 3 is 2.84 bits per heavy atom. The zero-order chi connectivity index (χ0) is 17.9. The second-order valence-corrected chi connectivity index (χ2v) is 8.88. The van der Waals surface area contributed by atoms with Gasteiger partial charge in [-0.2, -0.15) is 4.98 Å². The van der Waals surface area contributed by atoms with Crippen molar-refractivity contribution in [1.29, 1.82) is 0 Å². The fraction of sp³-hybridized carbons (Fsp3) is 0.438. The number of nitrogens with two attached hydrogens (primary N) is 1. The fourth-order valence-electron chi connectivity index (χ4n) is 2.88. The number of aliphatic hydroxyl groups is 1. The Balaban J connectivity index is 1.63. The number of fused-ring (bicyclic) bond motifs is 1. The first kappa shape index (κ1) is 17.8. The molecule has 1 aliphatic rings. The summed E-state index contributed by atoms with van der Waals surface area (Å²) in [6, 6.07) is 7.81. The maximum Gasteiger partial charge on any atom is 0.352 e. The van der Waals surface area contributed by atoms with Gasteiger partial charge in [-0.3, -0.25) is 9.13 Å². The summed E-state index contributed by atoms with van der Waals surface area (Å²) < 4.78 is 19.9. The van der Waals surface area contributed by atoms with Crippen LogP contribution in [0.2, 0.25) is 0 Å². The third-order valence-electron chi connectivity index (χ3n) is 4.36. The van der Waals surface area contributed by atoms with Crippen LogP contribution in [-0.2, 0) is 28.4 Å². The number of aromatic nitrogens is 3. The lowest BCUT2D eigenvalue weighted by Crippen LogP contribution is -2.29. The summed E-state index contributed by atoms with van der Waals surface area (Å²) in [5, 5.41) is 9.59. The standard InChI is InChI=1S/C16H21N4O4P/c17-15-18-11-20(16(22)19-15)7-12(8-21)5-6-25(23)10-14-4-2-1-3-13(14)9-24-25/h1-4,11-12,21H,5-10H2,(H2,17,19,22)/t12-,25?/m0/s1. The average molecular weight is 364 g/mol. The molecule has 1 aliphatic heterocycles. The van der Waals surface area contributed by atoms with E-state index in [9.17, 15) is 14.5 Å². The zero-order valence-electron chi connectivity index (χ0n) is 13.7. The van der Waals surface area contributed by atoms with Gasteiger partial charge in [0.2, 0.25) is 13.3 Å². The molecule has 3 N–H and O–H groups in total. The first-order valence-corrected chi connectivity index (χ1v) is 10.1. The predicted molar refractivity (Wildman–Crippen MR) is 93.3 cm³/mol. The molecule has 2 aromatic rings. The third-order valence-corrected chi connectivity index (χ3v) is 6.72. The highest BCUT2D eigenvalue weighted by Crippen LogP contribution is 2.55. The van der Waals surface area contributed by atoms with Gasteiger partial charge in [-0.25, -0.2) is 9.78 Å². The van der Waals surface area contributed by atoms with Crippen LogP contribution in [0.4, 0.5) is 5.95 Å². The Kier molecular flexibility index (Phi) is 5.32. The second kappa shape index (κ2) is 7.47. The van der Waals surface area contributed by atoms with E-state index < -0.39 is 13.1 Å². The first-order valence-electron chi connectivity index (χ1n) is 8.08. The highest BCUT2D eigenvalue weighted by molar-refractivity contribution is 7.58. The van der Waals surface area contributed by atoms with Gasteiger partial charge >= 0.3 is 5.69 Å². The number of anilines is 1. The molecule has 9 heteroatoms. The monoisotopic (exact) mass is 364 g/mol. The van der Waals surface area contributed by atoms with Crippen molar-refractivity contribution in [1.82, 2.24) is 14.5 Å². The quantitative estimate of drug-likeness (QED) is 0.740. The number of aliphatic hydroxyl groups excluding tert-OH is 1. The van der Waals surface area contributed by atoms with Crippen molar-refractivity contribution in [3.8, 4) is 0 Å². The molecule has 2 atom stereocenters. The minimum atomic E-state index is -2.79. The molecule has 1 aromatic carbocycles. The number of nitrogen functional groups attached to an aromatic ring is 1. The van der Waals surface area contributed by atoms with Gasteiger partial charge in [0.15, 0.2) is 0 Å². The van der Waals surface area contributed by atoms with E-state index in [4.69, 9.17) is 10.3 Å². The Bertz CT molecular complexity index is 854. The van der Waals surface area contributed by atoms with E-state index in [1.54, 1.807) is 0 Å². The van der Waals surface area contributed by atoms with Crippen molar-refractivity contribution in [2.45, 2.75) is 25.7 Å². The Labute approximate surface area is 145 Å². The van der Waals surface area contributed by atoms with Gasteiger partial charge in [-0.05, 0) is 17.5 Å². The summed E-state index contributed by atoms with van der Waals surface area (Å²) in [7, 11) is -2.79. The van der Waals surface area contributed by atoms with Crippen LogP contribution < -0.4 is 11.4 Å². The van der Waals surface area contributed by atoms with Crippen molar-refractivity contribution in [2.75, 3.05) is 18.5 Å². The molecule has 25 heavy (non-hydrogen) atoms. The molecule has 0 bridgehead atoms. The molecule has 0 amide bonds. The van der Waals surface area contributed by atoms with Gasteiger partial charge in [-0.15, -0.1) is 0 Å². The molecule has 1 aromatic heterocycles. The topological polar surface area (TPSA) is 120 Å². The molecule has 3 rings (SSSR count). The summed E-state index contributed by atoms with van der Waals surface area (Å²) in [4.78, 5) is 19.1. The van der Waals surface area contributed by atoms with Crippen LogP contribution in [0.3, 0.4) is 0 Å². The number of hydrogen-bond donors (Lipinski definition) is 2. The summed E-state index contributed by atoms with van der Waals surface area (Å²) in [5.41, 5.74) is 6.98. The predicted octanol–water partition coefficient (Wildman–Crippen LogP) is 1.23. The van der Waals surface area contributed by atoms with E-state index in [-0.39, 0.29) is 25.0 Å². The van der Waals surface area contributed by atoms with E-state index >= 15 is 0 Å². The van der Waals surface area contributed by atoms with Crippen LogP contribution in [0.25, 0.3) is 0 Å². The van der Waals surface area contributed by atoms with Crippen molar-refractivity contribution >= 4 is 13.3 Å². The van der Waals surface area contributed by atoms with Crippen LogP contribution in [0, 0.1) is 5.92 Å². The van der Waals surface area contributed by atoms with Crippen LogP contribution >= 0.6 is 7.37 Å². The normalized spacial score (nSPS) is 20.8. The molecular weight excluding hydrogens is 343 g/mol. The van der Waals surface area contributed by atoms with E-state index in [1.165, 1.54) is 10.9 Å². The summed E-state index contributed by atoms with van der Waals surface area (Å²) >= 11 is 0. The SMILES string of the molecule is Nc1ncn(C[C@@H](CO)CCP2(=O)Cc3ccccc3CO2)c(=O)n1. The third kappa shape index (κ3) is 4.34. The van der Waals surface area contributed by atoms with Crippen LogP contribution in [0.15, 0.2) is 35.4 Å². The molecule has 0 spiro atoms. The van der Waals surface area contributed by atoms with Gasteiger partial charge in [0, 0.05) is 25.2 Å². The van der Waals surface area contributed by atoms with Gasteiger partial charge in [-0.1, -0.05) is 24.3 Å². The van der Waals surface area contributed by atoms with Gasteiger partial charge in [0.05, 0.1) is 12.8 Å². The Morgan fingerprint density at radius 1 is 1.36 bits per heavy atom. The molecule has 0 saturated heterocycles. The number of rotatable bonds is 6. The van der Waals surface area contributed by atoms with Crippen LogP contribution in [-0.4, -0.2) is 32.4 Å². The summed E-state index contributed by atoms with van der Waals surface area (Å²) in [6.07, 6.45) is 2.55. The average Bonchev–Trinajstić information content (AvgIpc) is 2.60. The largest absolute Gasteiger partial charge is 0.396 e. The first-order chi connectivity index (χ1) is 12.0. The molecule has 0 saturated carbocycles. The Hall–Kier alpha value is -2.02. The highest BCUT2D eigenvalue weighted by atomic mass is 31.2. The lowest BCUT2D eigenvalue weighted by molar-refractivity contribution is 0.203. The van der Waals surface area contributed by atoms with Crippen molar-refractivity contribution in [3.63, 3.8) is 0 Å². The fourth-order valence-corrected chi connectivity index (χ4v) is 5.22. The smallest absolute Gasteiger partial charge is 0.352 e. The molecule has 8 nitrogen and oxygen atoms in total. The molecule has 0 radical (unpaired) electrons. The highest BCUT2D eigenvalue weighted by Gasteiger charge is 2.30.